The van der Waals surface area contributed by atoms with Crippen molar-refractivity contribution in [2.24, 2.45) is 0 Å². The number of methoxy groups -OCH3 is 1. The molecular formula is C27H19BrN2O4. The molecule has 0 amide bonds. The number of hydrogen-bond acceptors (Lipinski definition) is 5. The third-order valence-corrected chi connectivity index (χ3v) is 5.99. The van der Waals surface area contributed by atoms with E-state index in [4.69, 9.17) is 9.47 Å². The summed E-state index contributed by atoms with van der Waals surface area (Å²) >= 11 is 3.57. The second-order valence-electron chi connectivity index (χ2n) is 7.47. The molecule has 0 atom stereocenters. The summed E-state index contributed by atoms with van der Waals surface area (Å²) in [4.78, 5) is 10.4. The largest absolute Gasteiger partial charge is 0.493 e. The van der Waals surface area contributed by atoms with Gasteiger partial charge in [-0.1, -0.05) is 52.3 Å². The van der Waals surface area contributed by atoms with Crippen molar-refractivity contribution in [3.05, 3.63) is 110 Å². The molecule has 0 bridgehead atoms. The Balaban J connectivity index is 1.60. The first-order valence-electron chi connectivity index (χ1n) is 10.3. The summed E-state index contributed by atoms with van der Waals surface area (Å²) in [6.45, 7) is 0.219. The first kappa shape index (κ1) is 23.0. The van der Waals surface area contributed by atoms with Crippen LogP contribution in [-0.4, -0.2) is 12.0 Å². The van der Waals surface area contributed by atoms with Crippen molar-refractivity contribution in [3.8, 4) is 17.6 Å². The first-order chi connectivity index (χ1) is 16.5. The van der Waals surface area contributed by atoms with Gasteiger partial charge in [-0.05, 0) is 63.9 Å². The number of non-ortho nitro benzene ring substituents is 1. The van der Waals surface area contributed by atoms with E-state index in [1.165, 1.54) is 12.1 Å². The van der Waals surface area contributed by atoms with Crippen molar-refractivity contribution in [3.63, 3.8) is 0 Å². The standard InChI is InChI=1S/C27H19BrN2O4/c1-33-26-14-22(13-23(16-29)21-9-8-19-4-2-3-5-20(19)12-21)25(28)15-27(26)34-17-18-6-10-24(11-7-18)30(31)32/h2-15H,17H2,1H3/b23-13-. The van der Waals surface area contributed by atoms with Gasteiger partial charge in [-0.3, -0.25) is 10.1 Å². The van der Waals surface area contributed by atoms with Crippen LogP contribution >= 0.6 is 15.9 Å². The minimum atomic E-state index is -0.440. The number of nitro benzene ring substituents is 1. The maximum absolute atomic E-state index is 10.8. The molecule has 7 heteroatoms. The van der Waals surface area contributed by atoms with Gasteiger partial charge >= 0.3 is 0 Å². The molecule has 0 saturated heterocycles. The third kappa shape index (κ3) is 5.08. The van der Waals surface area contributed by atoms with Crippen LogP contribution in [0.2, 0.25) is 0 Å². The zero-order valence-corrected chi connectivity index (χ0v) is 19.8. The van der Waals surface area contributed by atoms with Gasteiger partial charge in [0.1, 0.15) is 6.61 Å². The zero-order valence-electron chi connectivity index (χ0n) is 18.2. The highest BCUT2D eigenvalue weighted by molar-refractivity contribution is 9.10. The molecule has 168 valence electrons. The lowest BCUT2D eigenvalue weighted by atomic mass is 10.00. The van der Waals surface area contributed by atoms with Crippen molar-refractivity contribution in [2.45, 2.75) is 6.61 Å². The molecule has 0 aliphatic rings. The third-order valence-electron chi connectivity index (χ3n) is 5.31. The fraction of sp³-hybridized carbons (Fsp3) is 0.0741. The highest BCUT2D eigenvalue weighted by atomic mass is 79.9. The number of halogens is 1. The minimum absolute atomic E-state index is 0.0277. The topological polar surface area (TPSA) is 85.4 Å². The molecule has 0 aliphatic carbocycles. The van der Waals surface area contributed by atoms with Crippen LogP contribution in [-0.2, 0) is 6.61 Å². The van der Waals surface area contributed by atoms with E-state index in [1.807, 2.05) is 42.5 Å². The smallest absolute Gasteiger partial charge is 0.269 e. The molecule has 4 aromatic carbocycles. The van der Waals surface area contributed by atoms with Gasteiger partial charge in [0, 0.05) is 16.6 Å². The highest BCUT2D eigenvalue weighted by Gasteiger charge is 2.12. The summed E-state index contributed by atoms with van der Waals surface area (Å²) in [5, 5.41) is 22.8. The lowest BCUT2D eigenvalue weighted by Gasteiger charge is -2.13. The van der Waals surface area contributed by atoms with Crippen molar-refractivity contribution in [1.29, 1.82) is 5.26 Å². The average Bonchev–Trinajstić information content (AvgIpc) is 2.86. The Morgan fingerprint density at radius 2 is 1.76 bits per heavy atom. The number of nitrogens with zero attached hydrogens (tertiary/aromatic N) is 2. The van der Waals surface area contributed by atoms with Crippen LogP contribution in [0.1, 0.15) is 16.7 Å². The molecule has 4 aromatic rings. The molecule has 0 saturated carbocycles. The quantitative estimate of drug-likeness (QED) is 0.113. The van der Waals surface area contributed by atoms with Crippen LogP contribution in [0.3, 0.4) is 0 Å². The molecule has 6 nitrogen and oxygen atoms in total. The van der Waals surface area contributed by atoms with E-state index in [9.17, 15) is 15.4 Å². The van der Waals surface area contributed by atoms with E-state index >= 15 is 0 Å². The molecule has 0 radical (unpaired) electrons. The van der Waals surface area contributed by atoms with Crippen LogP contribution < -0.4 is 9.47 Å². The Morgan fingerprint density at radius 1 is 1.03 bits per heavy atom. The van der Waals surface area contributed by atoms with Gasteiger partial charge < -0.3 is 9.47 Å². The van der Waals surface area contributed by atoms with Crippen LogP contribution in [0.5, 0.6) is 11.5 Å². The number of rotatable bonds is 7. The number of fused-ring (bicyclic) bond motifs is 1. The first-order valence-corrected chi connectivity index (χ1v) is 11.1. The van der Waals surface area contributed by atoms with Crippen molar-refractivity contribution in [2.75, 3.05) is 7.11 Å². The Labute approximate surface area is 205 Å². The van der Waals surface area contributed by atoms with Gasteiger partial charge in [0.25, 0.3) is 5.69 Å². The maximum atomic E-state index is 10.8. The summed E-state index contributed by atoms with van der Waals surface area (Å²) in [5.74, 6) is 1.02. The molecule has 0 unspecified atom stereocenters. The maximum Gasteiger partial charge on any atom is 0.269 e. The molecule has 0 N–H and O–H groups in total. The summed E-state index contributed by atoms with van der Waals surface area (Å²) in [7, 11) is 1.55. The number of nitriles is 1. The van der Waals surface area contributed by atoms with Gasteiger partial charge in [-0.15, -0.1) is 0 Å². The monoisotopic (exact) mass is 514 g/mol. The van der Waals surface area contributed by atoms with E-state index in [0.29, 0.717) is 17.1 Å². The van der Waals surface area contributed by atoms with Gasteiger partial charge in [-0.25, -0.2) is 0 Å². The van der Waals surface area contributed by atoms with E-state index in [-0.39, 0.29) is 12.3 Å². The van der Waals surface area contributed by atoms with E-state index in [1.54, 1.807) is 37.5 Å². The summed E-state index contributed by atoms with van der Waals surface area (Å²) in [6.07, 6.45) is 1.80. The van der Waals surface area contributed by atoms with Gasteiger partial charge in [0.2, 0.25) is 0 Å². The van der Waals surface area contributed by atoms with Crippen molar-refractivity contribution in [1.82, 2.24) is 0 Å². The molecule has 0 aromatic heterocycles. The number of allylic oxidation sites excluding steroid dienone is 1. The predicted octanol–water partition coefficient (Wildman–Crippen LogP) is 7.16. The predicted molar refractivity (Wildman–Crippen MR) is 136 cm³/mol. The summed E-state index contributed by atoms with van der Waals surface area (Å²) < 4.78 is 12.2. The Hall–Kier alpha value is -4.15. The van der Waals surface area contributed by atoms with Crippen LogP contribution in [0.4, 0.5) is 5.69 Å². The molecule has 0 spiro atoms. The molecule has 0 aliphatic heterocycles. The Bertz CT molecular complexity index is 1440. The zero-order chi connectivity index (χ0) is 24.1. The number of nitro groups is 1. The fourth-order valence-corrected chi connectivity index (χ4v) is 3.94. The van der Waals surface area contributed by atoms with Crippen molar-refractivity contribution < 1.29 is 14.4 Å². The second kappa shape index (κ2) is 10.2. The van der Waals surface area contributed by atoms with Crippen LogP contribution in [0.15, 0.2) is 83.3 Å². The SMILES string of the molecule is COc1cc(/C=C(/C#N)c2ccc3ccccc3c2)c(Br)cc1OCc1ccc([N+](=O)[O-])cc1. The number of hydrogen-bond donors (Lipinski definition) is 0. The number of ether oxygens (including phenoxy) is 2. The summed E-state index contributed by atoms with van der Waals surface area (Å²) in [6, 6.07) is 26.0. The van der Waals surface area contributed by atoms with Gasteiger partial charge in [0.15, 0.2) is 11.5 Å². The summed E-state index contributed by atoms with van der Waals surface area (Å²) in [5.41, 5.74) is 2.93. The normalized spacial score (nSPS) is 11.1. The molecule has 0 heterocycles. The molecular weight excluding hydrogens is 496 g/mol. The van der Waals surface area contributed by atoms with Crippen molar-refractivity contribution >= 4 is 44.0 Å². The Kier molecular flexibility index (Phi) is 6.90. The van der Waals surface area contributed by atoms with E-state index < -0.39 is 4.92 Å². The highest BCUT2D eigenvalue weighted by Crippen LogP contribution is 2.36. The second-order valence-corrected chi connectivity index (χ2v) is 8.32. The molecule has 34 heavy (non-hydrogen) atoms. The molecule has 0 fully saturated rings. The van der Waals surface area contributed by atoms with E-state index in [2.05, 4.69) is 22.0 Å². The Morgan fingerprint density at radius 3 is 2.44 bits per heavy atom. The average molecular weight is 515 g/mol. The van der Waals surface area contributed by atoms with Gasteiger partial charge in [0.05, 0.1) is 23.7 Å². The van der Waals surface area contributed by atoms with Crippen LogP contribution in [0, 0.1) is 21.4 Å². The minimum Gasteiger partial charge on any atom is -0.493 e. The number of benzene rings is 4. The lowest BCUT2D eigenvalue weighted by molar-refractivity contribution is -0.384. The van der Waals surface area contributed by atoms with Crippen LogP contribution in [0.25, 0.3) is 22.4 Å². The van der Waals surface area contributed by atoms with Gasteiger partial charge in [-0.2, -0.15) is 5.26 Å². The fourth-order valence-electron chi connectivity index (χ4n) is 3.50. The molecule has 4 rings (SSSR count). The van der Waals surface area contributed by atoms with E-state index in [0.717, 1.165) is 31.9 Å². The lowest BCUT2D eigenvalue weighted by Crippen LogP contribution is -1.99.